The molecule has 1 aliphatic heterocycles. The lowest BCUT2D eigenvalue weighted by atomic mass is 10.1. The molecular weight excluding hydrogens is 244 g/mol. The Labute approximate surface area is 113 Å². The fourth-order valence-corrected chi connectivity index (χ4v) is 1.97. The number of anilines is 1. The summed E-state index contributed by atoms with van der Waals surface area (Å²) in [4.78, 5) is 11.2. The van der Waals surface area contributed by atoms with Crippen molar-refractivity contribution in [1.82, 2.24) is 5.32 Å². The molecule has 0 saturated carbocycles. The molecule has 19 heavy (non-hydrogen) atoms. The molecule has 0 radical (unpaired) electrons. The van der Waals surface area contributed by atoms with Crippen LogP contribution in [0.25, 0.3) is 0 Å². The second-order valence-electron chi connectivity index (χ2n) is 4.54. The Balaban J connectivity index is 1.78. The fourth-order valence-electron chi connectivity index (χ4n) is 1.97. The van der Waals surface area contributed by atoms with E-state index in [2.05, 4.69) is 10.6 Å². The zero-order valence-corrected chi connectivity index (χ0v) is 11.2. The van der Waals surface area contributed by atoms with Gasteiger partial charge in [0, 0.05) is 20.3 Å². The van der Waals surface area contributed by atoms with E-state index in [0.29, 0.717) is 0 Å². The molecule has 0 fully saturated rings. The van der Waals surface area contributed by atoms with Crippen molar-refractivity contribution in [3.8, 4) is 5.75 Å². The summed E-state index contributed by atoms with van der Waals surface area (Å²) >= 11 is 0. The molecule has 1 aliphatic rings. The number of unbranched alkanes of at least 4 members (excludes halogenated alkanes) is 1. The molecule has 0 aliphatic carbocycles. The quantitative estimate of drug-likeness (QED) is 0.733. The van der Waals surface area contributed by atoms with E-state index >= 15 is 0 Å². The smallest absolute Gasteiger partial charge is 0.262 e. The molecule has 1 aromatic carbocycles. The Morgan fingerprint density at radius 2 is 2.32 bits per heavy atom. The van der Waals surface area contributed by atoms with Crippen LogP contribution in [-0.4, -0.2) is 32.8 Å². The van der Waals surface area contributed by atoms with Crippen LogP contribution >= 0.6 is 0 Å². The third-order valence-corrected chi connectivity index (χ3v) is 2.96. The summed E-state index contributed by atoms with van der Waals surface area (Å²) < 4.78 is 10.3. The van der Waals surface area contributed by atoms with Crippen molar-refractivity contribution < 1.29 is 14.3 Å². The topological polar surface area (TPSA) is 59.6 Å². The van der Waals surface area contributed by atoms with Crippen molar-refractivity contribution in [3.05, 3.63) is 23.8 Å². The van der Waals surface area contributed by atoms with Gasteiger partial charge in [-0.2, -0.15) is 0 Å². The average molecular weight is 264 g/mol. The van der Waals surface area contributed by atoms with Gasteiger partial charge in [-0.25, -0.2) is 0 Å². The van der Waals surface area contributed by atoms with Crippen molar-refractivity contribution in [1.29, 1.82) is 0 Å². The minimum Gasteiger partial charge on any atom is -0.482 e. The molecule has 0 bridgehead atoms. The molecule has 5 nitrogen and oxygen atoms in total. The number of hydrogen-bond acceptors (Lipinski definition) is 4. The first-order valence-electron chi connectivity index (χ1n) is 6.55. The molecule has 0 spiro atoms. The van der Waals surface area contributed by atoms with Gasteiger partial charge in [0.05, 0.1) is 5.69 Å². The Kier molecular flexibility index (Phi) is 5.18. The molecule has 5 heteroatoms. The monoisotopic (exact) mass is 264 g/mol. The van der Waals surface area contributed by atoms with Crippen molar-refractivity contribution >= 4 is 11.6 Å². The van der Waals surface area contributed by atoms with Crippen LogP contribution in [-0.2, 0) is 16.1 Å². The van der Waals surface area contributed by atoms with Gasteiger partial charge in [0.25, 0.3) is 5.91 Å². The van der Waals surface area contributed by atoms with E-state index in [4.69, 9.17) is 9.47 Å². The first-order valence-corrected chi connectivity index (χ1v) is 6.55. The summed E-state index contributed by atoms with van der Waals surface area (Å²) in [5, 5.41) is 6.18. The van der Waals surface area contributed by atoms with Crippen LogP contribution in [0.1, 0.15) is 18.4 Å². The summed E-state index contributed by atoms with van der Waals surface area (Å²) in [6.07, 6.45) is 2.16. The van der Waals surface area contributed by atoms with E-state index in [1.165, 1.54) is 0 Å². The van der Waals surface area contributed by atoms with Gasteiger partial charge < -0.3 is 20.1 Å². The maximum atomic E-state index is 11.2. The van der Waals surface area contributed by atoms with Crippen LogP contribution < -0.4 is 15.4 Å². The summed E-state index contributed by atoms with van der Waals surface area (Å²) in [7, 11) is 1.72. The SMILES string of the molecule is COCCCCNCc1ccc2c(c1)NC(=O)CO2. The number of carbonyl (C=O) groups excluding carboxylic acids is 1. The minimum absolute atomic E-state index is 0.0998. The van der Waals surface area contributed by atoms with E-state index in [9.17, 15) is 4.79 Å². The molecule has 0 atom stereocenters. The third-order valence-electron chi connectivity index (χ3n) is 2.96. The molecule has 1 aromatic rings. The molecular formula is C14H20N2O3. The van der Waals surface area contributed by atoms with Crippen LogP contribution in [0.5, 0.6) is 5.75 Å². The molecule has 0 aromatic heterocycles. The van der Waals surface area contributed by atoms with Gasteiger partial charge in [-0.15, -0.1) is 0 Å². The van der Waals surface area contributed by atoms with Gasteiger partial charge in [-0.1, -0.05) is 6.07 Å². The van der Waals surface area contributed by atoms with Crippen LogP contribution in [0.15, 0.2) is 18.2 Å². The first kappa shape index (κ1) is 13.8. The summed E-state index contributed by atoms with van der Waals surface area (Å²) in [5.74, 6) is 0.639. The molecule has 2 N–H and O–H groups in total. The molecule has 2 rings (SSSR count). The number of methoxy groups -OCH3 is 1. The molecule has 1 amide bonds. The average Bonchev–Trinajstić information content (AvgIpc) is 2.42. The number of fused-ring (bicyclic) bond motifs is 1. The van der Waals surface area contributed by atoms with Gasteiger partial charge in [-0.3, -0.25) is 4.79 Å². The molecule has 1 heterocycles. The standard InChI is InChI=1S/C14H20N2O3/c1-18-7-3-2-6-15-9-11-4-5-13-12(8-11)16-14(17)10-19-13/h4-5,8,15H,2-3,6-7,9-10H2,1H3,(H,16,17). The van der Waals surface area contributed by atoms with Crippen LogP contribution in [0.2, 0.25) is 0 Å². The second kappa shape index (κ2) is 7.11. The molecule has 0 unspecified atom stereocenters. The van der Waals surface area contributed by atoms with Crippen molar-refractivity contribution in [2.24, 2.45) is 0 Å². The van der Waals surface area contributed by atoms with E-state index in [1.54, 1.807) is 7.11 Å². The first-order chi connectivity index (χ1) is 9.29. The van der Waals surface area contributed by atoms with Gasteiger partial charge in [-0.05, 0) is 37.1 Å². The number of carbonyl (C=O) groups is 1. The summed E-state index contributed by atoms with van der Waals surface area (Å²) in [6.45, 7) is 2.66. The lowest BCUT2D eigenvalue weighted by Crippen LogP contribution is -2.25. The van der Waals surface area contributed by atoms with Crippen LogP contribution in [0.4, 0.5) is 5.69 Å². The Morgan fingerprint density at radius 1 is 1.42 bits per heavy atom. The van der Waals surface area contributed by atoms with E-state index in [-0.39, 0.29) is 12.5 Å². The predicted molar refractivity (Wildman–Crippen MR) is 73.4 cm³/mol. The van der Waals surface area contributed by atoms with Gasteiger partial charge in [0.15, 0.2) is 6.61 Å². The highest BCUT2D eigenvalue weighted by atomic mass is 16.5. The van der Waals surface area contributed by atoms with E-state index in [0.717, 1.165) is 49.5 Å². The zero-order chi connectivity index (χ0) is 13.5. The number of nitrogens with one attached hydrogen (secondary N) is 2. The van der Waals surface area contributed by atoms with Gasteiger partial charge in [0.2, 0.25) is 0 Å². The number of amides is 1. The number of ether oxygens (including phenoxy) is 2. The summed E-state index contributed by atoms with van der Waals surface area (Å²) in [6, 6.07) is 5.86. The fraction of sp³-hybridized carbons (Fsp3) is 0.500. The van der Waals surface area contributed by atoms with Gasteiger partial charge in [0.1, 0.15) is 5.75 Å². The second-order valence-corrected chi connectivity index (χ2v) is 4.54. The predicted octanol–water partition coefficient (Wildman–Crippen LogP) is 1.53. The van der Waals surface area contributed by atoms with Crippen molar-refractivity contribution in [2.75, 3.05) is 32.2 Å². The van der Waals surface area contributed by atoms with E-state index < -0.39 is 0 Å². The van der Waals surface area contributed by atoms with Crippen molar-refractivity contribution in [2.45, 2.75) is 19.4 Å². The van der Waals surface area contributed by atoms with E-state index in [1.807, 2.05) is 18.2 Å². The molecule has 0 saturated heterocycles. The lowest BCUT2D eigenvalue weighted by Gasteiger charge is -2.18. The minimum atomic E-state index is -0.0998. The molecule has 104 valence electrons. The zero-order valence-electron chi connectivity index (χ0n) is 11.2. The number of rotatable bonds is 7. The highest BCUT2D eigenvalue weighted by Gasteiger charge is 2.15. The number of benzene rings is 1. The highest BCUT2D eigenvalue weighted by molar-refractivity contribution is 5.95. The lowest BCUT2D eigenvalue weighted by molar-refractivity contribution is -0.118. The third kappa shape index (κ3) is 4.22. The van der Waals surface area contributed by atoms with Crippen LogP contribution in [0.3, 0.4) is 0 Å². The normalized spacial score (nSPS) is 13.6. The van der Waals surface area contributed by atoms with Gasteiger partial charge >= 0.3 is 0 Å². The Morgan fingerprint density at radius 3 is 3.16 bits per heavy atom. The maximum absolute atomic E-state index is 11.2. The Hall–Kier alpha value is -1.59. The number of hydrogen-bond donors (Lipinski definition) is 2. The largest absolute Gasteiger partial charge is 0.482 e. The Bertz CT molecular complexity index is 435. The maximum Gasteiger partial charge on any atom is 0.262 e. The highest BCUT2D eigenvalue weighted by Crippen LogP contribution is 2.28. The van der Waals surface area contributed by atoms with Crippen LogP contribution in [0, 0.1) is 0 Å². The summed E-state index contributed by atoms with van der Waals surface area (Å²) in [5.41, 5.74) is 1.89. The van der Waals surface area contributed by atoms with Crippen molar-refractivity contribution in [3.63, 3.8) is 0 Å².